The predicted octanol–water partition coefficient (Wildman–Crippen LogP) is 3.12. The molecule has 2 aromatic rings. The second-order valence-electron chi connectivity index (χ2n) is 6.99. The molecule has 0 fully saturated rings. The van der Waals surface area contributed by atoms with Gasteiger partial charge in [-0.25, -0.2) is 4.79 Å². The zero-order valence-electron chi connectivity index (χ0n) is 16.9. The van der Waals surface area contributed by atoms with E-state index in [4.69, 9.17) is 0 Å². The fraction of sp³-hybridized carbons (Fsp3) is 0.300. The van der Waals surface area contributed by atoms with Gasteiger partial charge in [-0.3, -0.25) is 14.9 Å². The molecular formula is C20H25N5O4. The average Bonchev–Trinajstić information content (AvgIpc) is 2.65. The first-order valence-electron chi connectivity index (χ1n) is 9.07. The van der Waals surface area contributed by atoms with Gasteiger partial charge < -0.3 is 20.9 Å². The normalized spacial score (nSPS) is 10.4. The molecule has 0 saturated carbocycles. The first-order valence-corrected chi connectivity index (χ1v) is 9.07. The summed E-state index contributed by atoms with van der Waals surface area (Å²) >= 11 is 0. The molecule has 0 aromatic heterocycles. The summed E-state index contributed by atoms with van der Waals surface area (Å²) in [5.74, 6) is -0.407. The Hall–Kier alpha value is -3.62. The van der Waals surface area contributed by atoms with Crippen molar-refractivity contribution >= 4 is 29.0 Å². The van der Waals surface area contributed by atoms with Gasteiger partial charge in [0.15, 0.2) is 0 Å². The quantitative estimate of drug-likeness (QED) is 0.489. The summed E-state index contributed by atoms with van der Waals surface area (Å²) in [5.41, 5.74) is 2.13. The Morgan fingerprint density at radius 3 is 2.31 bits per heavy atom. The number of hydrogen-bond donors (Lipinski definition) is 3. The van der Waals surface area contributed by atoms with E-state index in [2.05, 4.69) is 16.0 Å². The highest BCUT2D eigenvalue weighted by Crippen LogP contribution is 2.24. The van der Waals surface area contributed by atoms with Crippen LogP contribution in [-0.4, -0.2) is 37.0 Å². The van der Waals surface area contributed by atoms with Crippen molar-refractivity contribution in [3.63, 3.8) is 0 Å². The number of hydrogen-bond acceptors (Lipinski definition) is 5. The van der Waals surface area contributed by atoms with E-state index in [0.717, 1.165) is 5.56 Å². The minimum absolute atomic E-state index is 0.0327. The fourth-order valence-corrected chi connectivity index (χ4v) is 2.62. The van der Waals surface area contributed by atoms with Crippen LogP contribution in [0.1, 0.15) is 29.8 Å². The topological polar surface area (TPSA) is 117 Å². The molecule has 29 heavy (non-hydrogen) atoms. The molecule has 2 aromatic carbocycles. The third-order valence-electron chi connectivity index (χ3n) is 4.00. The number of nitro benzene ring substituents is 1. The molecule has 0 unspecified atom stereocenters. The van der Waals surface area contributed by atoms with Crippen molar-refractivity contribution in [1.82, 2.24) is 10.6 Å². The fourth-order valence-electron chi connectivity index (χ4n) is 2.62. The smallest absolute Gasteiger partial charge is 0.319 e. The number of carbonyl (C=O) groups excluding carboxylic acids is 2. The molecule has 0 heterocycles. The number of benzene rings is 2. The Morgan fingerprint density at radius 1 is 1.10 bits per heavy atom. The van der Waals surface area contributed by atoms with Gasteiger partial charge in [0.05, 0.1) is 10.5 Å². The summed E-state index contributed by atoms with van der Waals surface area (Å²) in [6.07, 6.45) is 0. The lowest BCUT2D eigenvalue weighted by molar-refractivity contribution is -0.384. The third kappa shape index (κ3) is 6.20. The van der Waals surface area contributed by atoms with Crippen molar-refractivity contribution in [2.24, 2.45) is 0 Å². The minimum Gasteiger partial charge on any atom is -0.377 e. The molecule has 0 aliphatic rings. The highest BCUT2D eigenvalue weighted by Gasteiger charge is 2.17. The van der Waals surface area contributed by atoms with Gasteiger partial charge in [0.25, 0.3) is 11.6 Å². The van der Waals surface area contributed by atoms with Gasteiger partial charge >= 0.3 is 6.03 Å². The van der Waals surface area contributed by atoms with Crippen molar-refractivity contribution in [2.45, 2.75) is 26.4 Å². The number of nitro groups is 1. The van der Waals surface area contributed by atoms with Crippen molar-refractivity contribution in [1.29, 1.82) is 0 Å². The molecule has 154 valence electrons. The summed E-state index contributed by atoms with van der Waals surface area (Å²) < 4.78 is 0. The summed E-state index contributed by atoms with van der Waals surface area (Å²) in [6.45, 7) is 3.98. The molecule has 0 atom stereocenters. The van der Waals surface area contributed by atoms with Gasteiger partial charge in [-0.15, -0.1) is 0 Å². The first kappa shape index (κ1) is 21.7. The van der Waals surface area contributed by atoms with Gasteiger partial charge in [0.2, 0.25) is 0 Å². The van der Waals surface area contributed by atoms with E-state index in [9.17, 15) is 19.7 Å². The molecule has 0 aliphatic carbocycles. The van der Waals surface area contributed by atoms with Crippen LogP contribution in [0.3, 0.4) is 0 Å². The van der Waals surface area contributed by atoms with Gasteiger partial charge in [-0.2, -0.15) is 0 Å². The Labute approximate surface area is 169 Å². The van der Waals surface area contributed by atoms with Gasteiger partial charge in [-0.1, -0.05) is 12.1 Å². The number of non-ortho nitro benzene ring substituents is 1. The summed E-state index contributed by atoms with van der Waals surface area (Å²) in [4.78, 5) is 36.5. The molecule has 0 saturated heterocycles. The number of rotatable bonds is 7. The van der Waals surface area contributed by atoms with Crippen LogP contribution in [0.25, 0.3) is 0 Å². The average molecular weight is 399 g/mol. The highest BCUT2D eigenvalue weighted by molar-refractivity contribution is 6.00. The molecule has 0 aliphatic heterocycles. The first-order chi connectivity index (χ1) is 13.7. The molecule has 9 heteroatoms. The van der Waals surface area contributed by atoms with Crippen LogP contribution in [0.2, 0.25) is 0 Å². The largest absolute Gasteiger partial charge is 0.377 e. The van der Waals surface area contributed by atoms with Crippen LogP contribution in [0.5, 0.6) is 0 Å². The summed E-state index contributed by atoms with van der Waals surface area (Å²) in [5, 5.41) is 19.3. The van der Waals surface area contributed by atoms with E-state index >= 15 is 0 Å². The van der Waals surface area contributed by atoms with E-state index in [0.29, 0.717) is 11.4 Å². The number of nitrogens with zero attached hydrogens (tertiary/aromatic N) is 2. The number of nitrogens with one attached hydrogen (secondary N) is 3. The maximum Gasteiger partial charge on any atom is 0.319 e. The zero-order chi connectivity index (χ0) is 21.6. The van der Waals surface area contributed by atoms with E-state index in [1.807, 2.05) is 13.8 Å². The number of amides is 3. The maximum absolute atomic E-state index is 12.6. The Balaban J connectivity index is 2.04. The molecule has 3 N–H and O–H groups in total. The monoisotopic (exact) mass is 399 g/mol. The molecule has 0 bridgehead atoms. The SMILES string of the molecule is CC(C)NC(=O)Nc1ccc(CNC(=O)c2cc([N+](=O)[O-])ccc2N(C)C)cc1. The van der Waals surface area contributed by atoms with Crippen molar-refractivity contribution < 1.29 is 14.5 Å². The molecule has 0 spiro atoms. The van der Waals surface area contributed by atoms with Crippen LogP contribution in [-0.2, 0) is 6.54 Å². The van der Waals surface area contributed by atoms with Crippen LogP contribution >= 0.6 is 0 Å². The van der Waals surface area contributed by atoms with E-state index < -0.39 is 10.8 Å². The van der Waals surface area contributed by atoms with Gasteiger partial charge in [-0.05, 0) is 37.6 Å². The number of urea groups is 1. The van der Waals surface area contributed by atoms with Crippen molar-refractivity contribution in [3.05, 3.63) is 63.7 Å². The molecule has 2 rings (SSSR count). The molecule has 9 nitrogen and oxygen atoms in total. The second kappa shape index (κ2) is 9.54. The number of carbonyl (C=O) groups is 2. The third-order valence-corrected chi connectivity index (χ3v) is 4.00. The van der Waals surface area contributed by atoms with Crippen molar-refractivity contribution in [3.8, 4) is 0 Å². The summed E-state index contributed by atoms with van der Waals surface area (Å²) in [6, 6.07) is 11.0. The number of anilines is 2. The Bertz CT molecular complexity index is 894. The molecule has 0 radical (unpaired) electrons. The summed E-state index contributed by atoms with van der Waals surface area (Å²) in [7, 11) is 3.53. The standard InChI is InChI=1S/C20H25N5O4/c1-13(2)22-20(27)23-15-7-5-14(6-8-15)12-21-19(26)17-11-16(25(28)29)9-10-18(17)24(3)4/h5-11,13H,12H2,1-4H3,(H,21,26)(H2,22,23,27). The molecule has 3 amide bonds. The molecular weight excluding hydrogens is 374 g/mol. The Kier molecular flexibility index (Phi) is 7.13. The maximum atomic E-state index is 12.6. The highest BCUT2D eigenvalue weighted by atomic mass is 16.6. The van der Waals surface area contributed by atoms with E-state index in [-0.39, 0.29) is 29.9 Å². The van der Waals surface area contributed by atoms with Crippen LogP contribution in [0.4, 0.5) is 21.9 Å². The van der Waals surface area contributed by atoms with Gasteiger partial charge in [0, 0.05) is 50.2 Å². The minimum atomic E-state index is -0.530. The van der Waals surface area contributed by atoms with E-state index in [1.165, 1.54) is 12.1 Å². The Morgan fingerprint density at radius 2 is 1.76 bits per heavy atom. The lowest BCUT2D eigenvalue weighted by Crippen LogP contribution is -2.34. The lowest BCUT2D eigenvalue weighted by Gasteiger charge is -2.17. The van der Waals surface area contributed by atoms with Crippen LogP contribution in [0.15, 0.2) is 42.5 Å². The van der Waals surface area contributed by atoms with Crippen LogP contribution < -0.4 is 20.9 Å². The van der Waals surface area contributed by atoms with Crippen LogP contribution in [0, 0.1) is 10.1 Å². The zero-order valence-corrected chi connectivity index (χ0v) is 16.9. The lowest BCUT2D eigenvalue weighted by atomic mass is 10.1. The van der Waals surface area contributed by atoms with E-state index in [1.54, 1.807) is 49.3 Å². The second-order valence-corrected chi connectivity index (χ2v) is 6.99. The van der Waals surface area contributed by atoms with Gasteiger partial charge in [0.1, 0.15) is 0 Å². The predicted molar refractivity (Wildman–Crippen MR) is 112 cm³/mol. The van der Waals surface area contributed by atoms with Crippen molar-refractivity contribution in [2.75, 3.05) is 24.3 Å².